The first kappa shape index (κ1) is 25.1. The number of benzene rings is 2. The van der Waals surface area contributed by atoms with Crippen LogP contribution in [0.2, 0.25) is 0 Å². The maximum Gasteiger partial charge on any atom is 0.322 e. The minimum atomic E-state index is -0.485. The molecule has 1 aromatic heterocycles. The second-order valence-corrected chi connectivity index (χ2v) is 8.15. The van der Waals surface area contributed by atoms with Crippen molar-refractivity contribution < 1.29 is 28.3 Å². The summed E-state index contributed by atoms with van der Waals surface area (Å²) in [6, 6.07) is 12.2. The first-order valence-electron chi connectivity index (χ1n) is 11.5. The van der Waals surface area contributed by atoms with Crippen LogP contribution in [0.5, 0.6) is 17.2 Å². The van der Waals surface area contributed by atoms with Gasteiger partial charge in [-0.1, -0.05) is 17.3 Å². The Hall–Kier alpha value is -4.05. The molecule has 2 amide bonds. The number of urea groups is 1. The highest BCUT2D eigenvalue weighted by Crippen LogP contribution is 2.38. The van der Waals surface area contributed by atoms with E-state index in [2.05, 4.69) is 10.5 Å². The van der Waals surface area contributed by atoms with E-state index in [-0.39, 0.29) is 6.03 Å². The van der Waals surface area contributed by atoms with Crippen LogP contribution < -0.4 is 19.5 Å². The maximum absolute atomic E-state index is 13.1. The van der Waals surface area contributed by atoms with Gasteiger partial charge in [-0.15, -0.1) is 0 Å². The summed E-state index contributed by atoms with van der Waals surface area (Å²) in [5.74, 6) is 2.59. The van der Waals surface area contributed by atoms with E-state index in [4.69, 9.17) is 28.5 Å². The van der Waals surface area contributed by atoms with Crippen LogP contribution in [-0.4, -0.2) is 62.7 Å². The lowest BCUT2D eigenvalue weighted by Crippen LogP contribution is -2.46. The van der Waals surface area contributed by atoms with Crippen molar-refractivity contribution in [1.82, 2.24) is 20.4 Å². The molecule has 0 radical (unpaired) electrons. The number of nitrogens with zero attached hydrogens (tertiary/aromatic N) is 3. The van der Waals surface area contributed by atoms with Gasteiger partial charge < -0.3 is 28.8 Å². The van der Waals surface area contributed by atoms with Crippen molar-refractivity contribution in [2.45, 2.75) is 19.4 Å². The summed E-state index contributed by atoms with van der Waals surface area (Å²) in [7, 11) is 6.39. The molecule has 1 N–H and O–H groups in total. The van der Waals surface area contributed by atoms with E-state index in [1.54, 1.807) is 45.5 Å². The summed E-state index contributed by atoms with van der Waals surface area (Å²) in [5.41, 5.74) is 3.02. The summed E-state index contributed by atoms with van der Waals surface area (Å²) < 4.78 is 26.9. The standard InChI is InChI=1S/C26H30N4O6/c1-16-22(25-28-24(29-36-25)18-9-12-20(34-4)21(15-18)35-5)23(17-7-10-19(33-3)11-8-17)27-26(31)30(16)13-6-14-32-2/h7-12,15,23H,6,13-14H2,1-5H3,(H,27,31). The molecule has 0 bridgehead atoms. The van der Waals surface area contributed by atoms with E-state index in [0.29, 0.717) is 48.4 Å². The molecule has 0 saturated heterocycles. The van der Waals surface area contributed by atoms with Gasteiger partial charge in [0.05, 0.1) is 32.9 Å². The summed E-state index contributed by atoms with van der Waals surface area (Å²) >= 11 is 0. The predicted octanol–water partition coefficient (Wildman–Crippen LogP) is 4.30. The van der Waals surface area contributed by atoms with Gasteiger partial charge in [0.2, 0.25) is 5.82 Å². The van der Waals surface area contributed by atoms with Gasteiger partial charge in [0.1, 0.15) is 5.75 Å². The number of nitrogens with one attached hydrogen (secondary N) is 1. The van der Waals surface area contributed by atoms with Crippen molar-refractivity contribution in [3.05, 3.63) is 59.6 Å². The number of methoxy groups -OCH3 is 4. The Morgan fingerprint density at radius 2 is 1.75 bits per heavy atom. The fraction of sp³-hybridized carbons (Fsp3) is 0.346. The van der Waals surface area contributed by atoms with Gasteiger partial charge in [-0.3, -0.25) is 4.90 Å². The van der Waals surface area contributed by atoms with Crippen molar-refractivity contribution in [1.29, 1.82) is 0 Å². The van der Waals surface area contributed by atoms with E-state index in [1.807, 2.05) is 37.3 Å². The van der Waals surface area contributed by atoms with Crippen LogP contribution in [-0.2, 0) is 4.74 Å². The van der Waals surface area contributed by atoms with Crippen LogP contribution in [0.3, 0.4) is 0 Å². The van der Waals surface area contributed by atoms with Gasteiger partial charge in [0.15, 0.2) is 11.5 Å². The number of amides is 2. The van der Waals surface area contributed by atoms with Gasteiger partial charge in [-0.05, 0) is 49.2 Å². The molecule has 10 nitrogen and oxygen atoms in total. The smallest absolute Gasteiger partial charge is 0.322 e. The minimum absolute atomic E-state index is 0.201. The third-order valence-corrected chi connectivity index (χ3v) is 6.07. The van der Waals surface area contributed by atoms with E-state index in [9.17, 15) is 4.79 Å². The fourth-order valence-electron chi connectivity index (χ4n) is 4.17. The Morgan fingerprint density at radius 1 is 1.00 bits per heavy atom. The first-order valence-corrected chi connectivity index (χ1v) is 11.5. The highest BCUT2D eigenvalue weighted by Gasteiger charge is 2.35. The molecular formula is C26H30N4O6. The Labute approximate surface area is 209 Å². The first-order chi connectivity index (χ1) is 17.5. The number of allylic oxidation sites excluding steroid dienone is 1. The largest absolute Gasteiger partial charge is 0.497 e. The van der Waals surface area contributed by atoms with E-state index in [0.717, 1.165) is 22.6 Å². The SMILES string of the molecule is COCCCN1C(=O)NC(c2ccc(OC)cc2)C(c2nc(-c3ccc(OC)c(OC)c3)no2)=C1C. The molecule has 2 aromatic carbocycles. The lowest BCUT2D eigenvalue weighted by molar-refractivity contribution is 0.174. The zero-order valence-electron chi connectivity index (χ0n) is 21.0. The Balaban J connectivity index is 1.76. The quantitative estimate of drug-likeness (QED) is 0.416. The molecule has 10 heteroatoms. The van der Waals surface area contributed by atoms with Crippen LogP contribution >= 0.6 is 0 Å². The number of ether oxygens (including phenoxy) is 4. The summed E-state index contributed by atoms with van der Waals surface area (Å²) in [6.07, 6.45) is 0.683. The van der Waals surface area contributed by atoms with Gasteiger partial charge in [-0.25, -0.2) is 4.79 Å². The second-order valence-electron chi connectivity index (χ2n) is 8.15. The van der Waals surface area contributed by atoms with E-state index in [1.165, 1.54) is 0 Å². The number of carbonyl (C=O) groups excluding carboxylic acids is 1. The molecule has 36 heavy (non-hydrogen) atoms. The Kier molecular flexibility index (Phi) is 7.74. The summed E-state index contributed by atoms with van der Waals surface area (Å²) in [5, 5.41) is 7.31. The topological polar surface area (TPSA) is 108 Å². The zero-order valence-corrected chi connectivity index (χ0v) is 21.0. The predicted molar refractivity (Wildman–Crippen MR) is 133 cm³/mol. The zero-order chi connectivity index (χ0) is 25.7. The van der Waals surface area contributed by atoms with Crippen LogP contribution in [0.25, 0.3) is 17.0 Å². The number of rotatable bonds is 10. The molecule has 0 aliphatic carbocycles. The van der Waals surface area contributed by atoms with Crippen molar-refractivity contribution in [3.63, 3.8) is 0 Å². The van der Waals surface area contributed by atoms with Gasteiger partial charge in [-0.2, -0.15) is 4.98 Å². The summed E-state index contributed by atoms with van der Waals surface area (Å²) in [6.45, 7) is 2.91. The molecule has 1 aliphatic heterocycles. The lowest BCUT2D eigenvalue weighted by atomic mass is 9.94. The molecule has 1 unspecified atom stereocenters. The average Bonchev–Trinajstić information content (AvgIpc) is 3.39. The fourth-order valence-corrected chi connectivity index (χ4v) is 4.17. The number of hydrogen-bond acceptors (Lipinski definition) is 8. The van der Waals surface area contributed by atoms with Crippen molar-refractivity contribution >= 4 is 11.6 Å². The third kappa shape index (κ3) is 4.99. The average molecular weight is 495 g/mol. The number of aromatic nitrogens is 2. The Morgan fingerprint density at radius 3 is 2.42 bits per heavy atom. The van der Waals surface area contributed by atoms with Crippen molar-refractivity contribution in [3.8, 4) is 28.6 Å². The lowest BCUT2D eigenvalue weighted by Gasteiger charge is -2.35. The van der Waals surface area contributed by atoms with Gasteiger partial charge >= 0.3 is 6.03 Å². The number of carbonyl (C=O) groups is 1. The summed E-state index contributed by atoms with van der Waals surface area (Å²) in [4.78, 5) is 19.4. The molecule has 3 aromatic rings. The Bertz CT molecular complexity index is 1240. The highest BCUT2D eigenvalue weighted by atomic mass is 16.5. The molecule has 4 rings (SSSR count). The molecule has 0 spiro atoms. The second kappa shape index (κ2) is 11.1. The van der Waals surface area contributed by atoms with Crippen molar-refractivity contribution in [2.75, 3.05) is 41.6 Å². The molecule has 190 valence electrons. The van der Waals surface area contributed by atoms with Crippen LogP contribution in [0.1, 0.15) is 30.8 Å². The van der Waals surface area contributed by atoms with Crippen molar-refractivity contribution in [2.24, 2.45) is 0 Å². The van der Waals surface area contributed by atoms with E-state index >= 15 is 0 Å². The van der Waals surface area contributed by atoms with E-state index < -0.39 is 6.04 Å². The van der Waals surface area contributed by atoms with Gasteiger partial charge in [0, 0.05) is 31.5 Å². The molecule has 1 aliphatic rings. The molecular weight excluding hydrogens is 464 g/mol. The monoisotopic (exact) mass is 494 g/mol. The molecule has 1 atom stereocenters. The van der Waals surface area contributed by atoms with Crippen LogP contribution in [0.4, 0.5) is 4.79 Å². The normalized spacial score (nSPS) is 15.6. The minimum Gasteiger partial charge on any atom is -0.497 e. The van der Waals surface area contributed by atoms with Gasteiger partial charge in [0.25, 0.3) is 5.89 Å². The third-order valence-electron chi connectivity index (χ3n) is 6.07. The van der Waals surface area contributed by atoms with Crippen LogP contribution in [0.15, 0.2) is 52.7 Å². The number of hydrogen-bond donors (Lipinski definition) is 1. The molecule has 2 heterocycles. The highest BCUT2D eigenvalue weighted by molar-refractivity contribution is 5.87. The van der Waals surface area contributed by atoms with Crippen LogP contribution in [0, 0.1) is 0 Å². The molecule has 0 saturated carbocycles. The maximum atomic E-state index is 13.1. The molecule has 0 fully saturated rings.